The highest BCUT2D eigenvalue weighted by Gasteiger charge is 2.56. The lowest BCUT2D eigenvalue weighted by atomic mass is 9.87. The Balaban J connectivity index is 2.23. The summed E-state index contributed by atoms with van der Waals surface area (Å²) >= 11 is 0. The fourth-order valence-corrected chi connectivity index (χ4v) is 2.25. The molecule has 2 aliphatic rings. The van der Waals surface area contributed by atoms with E-state index in [0.29, 0.717) is 5.70 Å². The maximum absolute atomic E-state index is 12.9. The van der Waals surface area contributed by atoms with Gasteiger partial charge in [-0.2, -0.15) is 13.2 Å². The van der Waals surface area contributed by atoms with Crippen LogP contribution in [0.15, 0.2) is 11.9 Å². The summed E-state index contributed by atoms with van der Waals surface area (Å²) in [7, 11) is 0. The Morgan fingerprint density at radius 2 is 1.93 bits per heavy atom. The van der Waals surface area contributed by atoms with E-state index in [2.05, 4.69) is 5.32 Å². The Morgan fingerprint density at radius 3 is 2.47 bits per heavy atom. The standard InChI is InChI=1S/C10H15F3N2/c1-9(10(11,12)13)7-14-6-8(9)15-4-2-3-5-15/h6,14H,2-5,7H2,1H3. The predicted molar refractivity (Wildman–Crippen MR) is 51.1 cm³/mol. The molecule has 0 bridgehead atoms. The second-order valence-corrected chi connectivity index (χ2v) is 4.43. The van der Waals surface area contributed by atoms with Gasteiger partial charge < -0.3 is 10.2 Å². The molecule has 1 saturated heterocycles. The molecule has 0 aromatic heterocycles. The van der Waals surface area contributed by atoms with Crippen LogP contribution in [0.1, 0.15) is 19.8 Å². The highest BCUT2D eigenvalue weighted by Crippen LogP contribution is 2.47. The van der Waals surface area contributed by atoms with E-state index in [-0.39, 0.29) is 6.54 Å². The van der Waals surface area contributed by atoms with Crippen molar-refractivity contribution in [1.82, 2.24) is 10.2 Å². The lowest BCUT2D eigenvalue weighted by molar-refractivity contribution is -0.204. The number of hydrogen-bond donors (Lipinski definition) is 1. The summed E-state index contributed by atoms with van der Waals surface area (Å²) in [6.07, 6.45) is -0.666. The van der Waals surface area contributed by atoms with Crippen LogP contribution in [0.5, 0.6) is 0 Å². The van der Waals surface area contributed by atoms with Gasteiger partial charge in [-0.05, 0) is 19.8 Å². The third-order valence-electron chi connectivity index (χ3n) is 3.33. The molecule has 2 heterocycles. The molecule has 0 aromatic rings. The van der Waals surface area contributed by atoms with Crippen LogP contribution in [0.25, 0.3) is 0 Å². The van der Waals surface area contributed by atoms with E-state index in [1.54, 1.807) is 0 Å². The van der Waals surface area contributed by atoms with Gasteiger partial charge in [-0.1, -0.05) is 0 Å². The van der Waals surface area contributed by atoms with Crippen LogP contribution in [0.4, 0.5) is 13.2 Å². The summed E-state index contributed by atoms with van der Waals surface area (Å²) in [5.41, 5.74) is -1.30. The van der Waals surface area contributed by atoms with Crippen LogP contribution in [0, 0.1) is 5.41 Å². The van der Waals surface area contributed by atoms with E-state index < -0.39 is 11.6 Å². The average molecular weight is 220 g/mol. The highest BCUT2D eigenvalue weighted by molar-refractivity contribution is 5.21. The Morgan fingerprint density at radius 1 is 1.33 bits per heavy atom. The normalized spacial score (nSPS) is 31.7. The molecule has 2 nitrogen and oxygen atoms in total. The lowest BCUT2D eigenvalue weighted by Gasteiger charge is -2.34. The molecule has 1 fully saturated rings. The van der Waals surface area contributed by atoms with Gasteiger partial charge in [0.1, 0.15) is 5.41 Å². The summed E-state index contributed by atoms with van der Waals surface area (Å²) in [6, 6.07) is 0. The van der Waals surface area contributed by atoms with Crippen LogP contribution in [0.2, 0.25) is 0 Å². The van der Waals surface area contributed by atoms with Gasteiger partial charge in [0.05, 0.1) is 0 Å². The first-order valence-electron chi connectivity index (χ1n) is 5.21. The van der Waals surface area contributed by atoms with Gasteiger partial charge in [0.2, 0.25) is 0 Å². The smallest absolute Gasteiger partial charge is 0.388 e. The van der Waals surface area contributed by atoms with Crippen molar-refractivity contribution in [2.24, 2.45) is 5.41 Å². The molecule has 1 N–H and O–H groups in total. The Kier molecular flexibility index (Phi) is 2.35. The Bertz CT molecular complexity index is 279. The third-order valence-corrected chi connectivity index (χ3v) is 3.33. The maximum atomic E-state index is 12.9. The molecule has 0 aromatic carbocycles. The van der Waals surface area contributed by atoms with E-state index in [4.69, 9.17) is 0 Å². The van der Waals surface area contributed by atoms with Gasteiger partial charge in [0, 0.05) is 31.5 Å². The van der Waals surface area contributed by atoms with Crippen molar-refractivity contribution in [3.05, 3.63) is 11.9 Å². The molecule has 86 valence electrons. The Labute approximate surface area is 87.1 Å². The van der Waals surface area contributed by atoms with Crippen molar-refractivity contribution >= 4 is 0 Å². The molecule has 5 heteroatoms. The van der Waals surface area contributed by atoms with E-state index >= 15 is 0 Å². The van der Waals surface area contributed by atoms with Crippen LogP contribution >= 0.6 is 0 Å². The monoisotopic (exact) mass is 220 g/mol. The molecular weight excluding hydrogens is 205 g/mol. The molecule has 0 radical (unpaired) electrons. The van der Waals surface area contributed by atoms with E-state index in [0.717, 1.165) is 25.9 Å². The largest absolute Gasteiger partial charge is 0.401 e. The van der Waals surface area contributed by atoms with Crippen molar-refractivity contribution < 1.29 is 13.2 Å². The molecule has 15 heavy (non-hydrogen) atoms. The summed E-state index contributed by atoms with van der Waals surface area (Å²) < 4.78 is 38.8. The summed E-state index contributed by atoms with van der Waals surface area (Å²) in [5.74, 6) is 0. The zero-order valence-electron chi connectivity index (χ0n) is 8.69. The maximum Gasteiger partial charge on any atom is 0.401 e. The Hall–Kier alpha value is -0.870. The molecule has 1 atom stereocenters. The minimum Gasteiger partial charge on any atom is -0.388 e. The third kappa shape index (κ3) is 1.58. The van der Waals surface area contributed by atoms with Crippen molar-refractivity contribution in [1.29, 1.82) is 0 Å². The molecule has 0 saturated carbocycles. The molecule has 0 amide bonds. The van der Waals surface area contributed by atoms with Gasteiger partial charge in [0.25, 0.3) is 0 Å². The number of alkyl halides is 3. The fourth-order valence-electron chi connectivity index (χ4n) is 2.25. The van der Waals surface area contributed by atoms with Gasteiger partial charge in [-0.3, -0.25) is 0 Å². The van der Waals surface area contributed by atoms with E-state index in [9.17, 15) is 13.2 Å². The molecule has 1 unspecified atom stereocenters. The highest BCUT2D eigenvalue weighted by atomic mass is 19.4. The van der Waals surface area contributed by atoms with Crippen molar-refractivity contribution in [3.63, 3.8) is 0 Å². The zero-order valence-corrected chi connectivity index (χ0v) is 8.69. The number of hydrogen-bond acceptors (Lipinski definition) is 2. The summed E-state index contributed by atoms with van der Waals surface area (Å²) in [4.78, 5) is 1.85. The van der Waals surface area contributed by atoms with Crippen LogP contribution in [-0.4, -0.2) is 30.7 Å². The minimum absolute atomic E-state index is 0.0394. The SMILES string of the molecule is CC1(C(F)(F)F)CNC=C1N1CCCC1. The summed E-state index contributed by atoms with van der Waals surface area (Å²) in [6.45, 7) is 2.73. The van der Waals surface area contributed by atoms with Gasteiger partial charge in [-0.25, -0.2) is 0 Å². The number of nitrogens with one attached hydrogen (secondary N) is 1. The van der Waals surface area contributed by atoms with Crippen molar-refractivity contribution in [2.45, 2.75) is 25.9 Å². The van der Waals surface area contributed by atoms with E-state index in [1.807, 2.05) is 4.90 Å². The van der Waals surface area contributed by atoms with Crippen molar-refractivity contribution in [2.75, 3.05) is 19.6 Å². The molecule has 0 aliphatic carbocycles. The first-order chi connectivity index (χ1) is 6.95. The van der Waals surface area contributed by atoms with Crippen LogP contribution < -0.4 is 5.32 Å². The van der Waals surface area contributed by atoms with Gasteiger partial charge in [-0.15, -0.1) is 0 Å². The topological polar surface area (TPSA) is 15.3 Å². The molecule has 0 spiro atoms. The fraction of sp³-hybridized carbons (Fsp3) is 0.800. The second kappa shape index (κ2) is 3.32. The van der Waals surface area contributed by atoms with Crippen LogP contribution in [0.3, 0.4) is 0 Å². The van der Waals surface area contributed by atoms with Crippen molar-refractivity contribution in [3.8, 4) is 0 Å². The molecular formula is C10H15F3N2. The first-order valence-corrected chi connectivity index (χ1v) is 5.21. The molecule has 2 aliphatic heterocycles. The van der Waals surface area contributed by atoms with Crippen LogP contribution in [-0.2, 0) is 0 Å². The van der Waals surface area contributed by atoms with Gasteiger partial charge in [0.15, 0.2) is 0 Å². The summed E-state index contributed by atoms with van der Waals surface area (Å²) in [5, 5.41) is 2.72. The quantitative estimate of drug-likeness (QED) is 0.728. The molecule has 2 rings (SSSR count). The number of halogens is 3. The average Bonchev–Trinajstić information content (AvgIpc) is 2.70. The zero-order chi connectivity index (χ0) is 11.1. The number of likely N-dealkylation sites (tertiary alicyclic amines) is 1. The predicted octanol–water partition coefficient (Wildman–Crippen LogP) is 2.10. The lowest BCUT2D eigenvalue weighted by Crippen LogP contribution is -2.44. The number of nitrogens with zero attached hydrogens (tertiary/aromatic N) is 1. The minimum atomic E-state index is -4.18. The van der Waals surface area contributed by atoms with E-state index in [1.165, 1.54) is 13.1 Å². The second-order valence-electron chi connectivity index (χ2n) is 4.43. The number of rotatable bonds is 1. The van der Waals surface area contributed by atoms with Gasteiger partial charge >= 0.3 is 6.18 Å². The first kappa shape index (κ1) is 10.6.